The van der Waals surface area contributed by atoms with E-state index in [1.54, 1.807) is 6.20 Å². The standard InChI is InChI=1S/C20H21N5O/c1-14-5-3-6-16(11-14)13-22-19-9-10-21-20(25-19)24-18-8-4-7-17(12-18)23-15(2)26/h3-12H,13H2,1-2H3,(H,23,26)(H2,21,22,24,25). The summed E-state index contributed by atoms with van der Waals surface area (Å²) in [5.41, 5.74) is 3.94. The van der Waals surface area contributed by atoms with Crippen LogP contribution in [0.1, 0.15) is 18.1 Å². The number of hydrogen-bond acceptors (Lipinski definition) is 5. The molecule has 0 aliphatic rings. The first-order valence-corrected chi connectivity index (χ1v) is 8.35. The van der Waals surface area contributed by atoms with Crippen molar-refractivity contribution in [1.82, 2.24) is 9.97 Å². The van der Waals surface area contributed by atoms with E-state index in [9.17, 15) is 4.79 Å². The van der Waals surface area contributed by atoms with Crippen molar-refractivity contribution in [3.05, 3.63) is 71.9 Å². The fourth-order valence-electron chi connectivity index (χ4n) is 2.54. The number of nitrogens with zero attached hydrogens (tertiary/aromatic N) is 2. The summed E-state index contributed by atoms with van der Waals surface area (Å²) in [6.45, 7) is 4.24. The summed E-state index contributed by atoms with van der Waals surface area (Å²) in [5.74, 6) is 1.11. The molecule has 0 atom stereocenters. The Kier molecular flexibility index (Phi) is 5.43. The Morgan fingerprint density at radius 3 is 2.65 bits per heavy atom. The van der Waals surface area contributed by atoms with Crippen molar-refractivity contribution in [2.45, 2.75) is 20.4 Å². The zero-order chi connectivity index (χ0) is 18.4. The average molecular weight is 347 g/mol. The van der Waals surface area contributed by atoms with Gasteiger partial charge in [0.1, 0.15) is 5.82 Å². The quantitative estimate of drug-likeness (QED) is 0.626. The van der Waals surface area contributed by atoms with Crippen molar-refractivity contribution in [2.24, 2.45) is 0 Å². The third kappa shape index (κ3) is 5.04. The summed E-state index contributed by atoms with van der Waals surface area (Å²) < 4.78 is 0. The summed E-state index contributed by atoms with van der Waals surface area (Å²) in [6.07, 6.45) is 1.70. The van der Waals surface area contributed by atoms with Gasteiger partial charge in [-0.3, -0.25) is 4.79 Å². The van der Waals surface area contributed by atoms with Crippen LogP contribution in [-0.2, 0) is 11.3 Å². The van der Waals surface area contributed by atoms with E-state index >= 15 is 0 Å². The van der Waals surface area contributed by atoms with E-state index in [4.69, 9.17) is 0 Å². The third-order valence-electron chi connectivity index (χ3n) is 3.65. The highest BCUT2D eigenvalue weighted by molar-refractivity contribution is 5.89. The lowest BCUT2D eigenvalue weighted by Crippen LogP contribution is -2.06. The normalized spacial score (nSPS) is 10.2. The first-order valence-electron chi connectivity index (χ1n) is 8.35. The van der Waals surface area contributed by atoms with Gasteiger partial charge in [-0.1, -0.05) is 35.9 Å². The van der Waals surface area contributed by atoms with Crippen LogP contribution in [0.5, 0.6) is 0 Å². The molecule has 0 spiro atoms. The molecule has 1 heterocycles. The van der Waals surface area contributed by atoms with Crippen LogP contribution in [0, 0.1) is 6.92 Å². The molecule has 0 radical (unpaired) electrons. The highest BCUT2D eigenvalue weighted by Crippen LogP contribution is 2.19. The van der Waals surface area contributed by atoms with Crippen LogP contribution >= 0.6 is 0 Å². The number of anilines is 4. The zero-order valence-electron chi connectivity index (χ0n) is 14.8. The fourth-order valence-corrected chi connectivity index (χ4v) is 2.54. The molecule has 0 aliphatic carbocycles. The predicted octanol–water partition coefficient (Wildman–Crippen LogP) is 4.10. The van der Waals surface area contributed by atoms with Crippen LogP contribution in [0.25, 0.3) is 0 Å². The zero-order valence-corrected chi connectivity index (χ0v) is 14.8. The van der Waals surface area contributed by atoms with Gasteiger partial charge in [0, 0.05) is 31.0 Å². The minimum absolute atomic E-state index is 0.110. The molecule has 2 aromatic carbocycles. The number of benzene rings is 2. The number of hydrogen-bond donors (Lipinski definition) is 3. The van der Waals surface area contributed by atoms with Crippen molar-refractivity contribution in [3.8, 4) is 0 Å². The molecule has 1 amide bonds. The van der Waals surface area contributed by atoms with Crippen LogP contribution in [0.4, 0.5) is 23.1 Å². The number of carbonyl (C=O) groups is 1. The maximum atomic E-state index is 11.2. The van der Waals surface area contributed by atoms with E-state index in [0.717, 1.165) is 17.2 Å². The largest absolute Gasteiger partial charge is 0.366 e. The van der Waals surface area contributed by atoms with Gasteiger partial charge < -0.3 is 16.0 Å². The molecule has 0 saturated carbocycles. The van der Waals surface area contributed by atoms with Crippen molar-refractivity contribution in [1.29, 1.82) is 0 Å². The van der Waals surface area contributed by atoms with E-state index in [1.807, 2.05) is 36.4 Å². The molecule has 0 bridgehead atoms. The summed E-state index contributed by atoms with van der Waals surface area (Å²) >= 11 is 0. The number of aromatic nitrogens is 2. The lowest BCUT2D eigenvalue weighted by atomic mass is 10.1. The number of aryl methyl sites for hydroxylation is 1. The first kappa shape index (κ1) is 17.4. The van der Waals surface area contributed by atoms with Crippen molar-refractivity contribution >= 4 is 29.0 Å². The Morgan fingerprint density at radius 2 is 1.85 bits per heavy atom. The maximum absolute atomic E-state index is 11.2. The molecule has 3 rings (SSSR count). The first-order chi connectivity index (χ1) is 12.6. The van der Waals surface area contributed by atoms with Gasteiger partial charge in [-0.25, -0.2) is 4.98 Å². The minimum atomic E-state index is -0.110. The van der Waals surface area contributed by atoms with Gasteiger partial charge in [0.15, 0.2) is 0 Å². The van der Waals surface area contributed by atoms with E-state index in [-0.39, 0.29) is 5.91 Å². The number of nitrogens with one attached hydrogen (secondary N) is 3. The summed E-state index contributed by atoms with van der Waals surface area (Å²) in [6, 6.07) is 17.6. The molecule has 0 aliphatic heterocycles. The Labute approximate surface area is 152 Å². The SMILES string of the molecule is CC(=O)Nc1cccc(Nc2nccc(NCc3cccc(C)c3)n2)c1. The lowest BCUT2D eigenvalue weighted by molar-refractivity contribution is -0.114. The molecule has 0 saturated heterocycles. The molecular formula is C20H21N5O. The molecule has 6 nitrogen and oxygen atoms in total. The van der Waals surface area contributed by atoms with Gasteiger partial charge in [0.2, 0.25) is 11.9 Å². The summed E-state index contributed by atoms with van der Waals surface area (Å²) in [5, 5.41) is 9.21. The highest BCUT2D eigenvalue weighted by atomic mass is 16.1. The van der Waals surface area contributed by atoms with Crippen LogP contribution in [0.3, 0.4) is 0 Å². The van der Waals surface area contributed by atoms with Crippen LogP contribution in [-0.4, -0.2) is 15.9 Å². The van der Waals surface area contributed by atoms with Gasteiger partial charge in [-0.2, -0.15) is 4.98 Å². The molecule has 132 valence electrons. The molecule has 0 fully saturated rings. The van der Waals surface area contributed by atoms with Gasteiger partial charge >= 0.3 is 0 Å². The molecule has 0 unspecified atom stereocenters. The number of rotatable bonds is 6. The molecule has 3 N–H and O–H groups in total. The minimum Gasteiger partial charge on any atom is -0.366 e. The maximum Gasteiger partial charge on any atom is 0.229 e. The second-order valence-electron chi connectivity index (χ2n) is 6.00. The van der Waals surface area contributed by atoms with Crippen molar-refractivity contribution < 1.29 is 4.79 Å². The Morgan fingerprint density at radius 1 is 1.04 bits per heavy atom. The van der Waals surface area contributed by atoms with E-state index in [0.29, 0.717) is 12.5 Å². The van der Waals surface area contributed by atoms with Crippen LogP contribution in [0.15, 0.2) is 60.8 Å². The monoisotopic (exact) mass is 347 g/mol. The summed E-state index contributed by atoms with van der Waals surface area (Å²) in [7, 11) is 0. The van der Waals surface area contributed by atoms with Gasteiger partial charge in [0.25, 0.3) is 0 Å². The fraction of sp³-hybridized carbons (Fsp3) is 0.150. The molecule has 6 heteroatoms. The third-order valence-corrected chi connectivity index (χ3v) is 3.65. The lowest BCUT2D eigenvalue weighted by Gasteiger charge is -2.10. The van der Waals surface area contributed by atoms with Crippen LogP contribution in [0.2, 0.25) is 0 Å². The van der Waals surface area contributed by atoms with Gasteiger partial charge in [-0.15, -0.1) is 0 Å². The van der Waals surface area contributed by atoms with Crippen molar-refractivity contribution in [2.75, 3.05) is 16.0 Å². The average Bonchev–Trinajstić information content (AvgIpc) is 2.60. The molecular weight excluding hydrogens is 326 g/mol. The topological polar surface area (TPSA) is 78.9 Å². The molecule has 1 aromatic heterocycles. The van der Waals surface area contributed by atoms with Gasteiger partial charge in [-0.05, 0) is 36.8 Å². The van der Waals surface area contributed by atoms with E-state index in [1.165, 1.54) is 18.1 Å². The molecule has 26 heavy (non-hydrogen) atoms. The summed E-state index contributed by atoms with van der Waals surface area (Å²) in [4.78, 5) is 19.9. The van der Waals surface area contributed by atoms with Gasteiger partial charge in [0.05, 0.1) is 0 Å². The van der Waals surface area contributed by atoms with Crippen molar-refractivity contribution in [3.63, 3.8) is 0 Å². The smallest absolute Gasteiger partial charge is 0.229 e. The second kappa shape index (κ2) is 8.11. The number of amides is 1. The Bertz CT molecular complexity index is 910. The highest BCUT2D eigenvalue weighted by Gasteiger charge is 2.02. The Hall–Kier alpha value is -3.41. The Balaban J connectivity index is 1.66. The molecule has 3 aromatic rings. The van der Waals surface area contributed by atoms with Crippen LogP contribution < -0.4 is 16.0 Å². The second-order valence-corrected chi connectivity index (χ2v) is 6.00. The van der Waals surface area contributed by atoms with E-state index < -0.39 is 0 Å². The predicted molar refractivity (Wildman–Crippen MR) is 105 cm³/mol. The number of carbonyl (C=O) groups excluding carboxylic acids is 1. The van der Waals surface area contributed by atoms with E-state index in [2.05, 4.69) is 51.0 Å².